The van der Waals surface area contributed by atoms with E-state index in [1.807, 2.05) is 6.92 Å². The molecule has 1 rings (SSSR count). The van der Waals surface area contributed by atoms with Crippen LogP contribution in [0, 0.1) is 0 Å². The Kier molecular flexibility index (Phi) is 6.44. The number of ether oxygens (including phenoxy) is 1. The van der Waals surface area contributed by atoms with Crippen LogP contribution in [0.2, 0.25) is 0 Å². The maximum absolute atomic E-state index is 12.5. The fourth-order valence-corrected chi connectivity index (χ4v) is 2.27. The second kappa shape index (κ2) is 7.84. The number of morpholine rings is 1. The van der Waals surface area contributed by atoms with Crippen LogP contribution >= 0.6 is 0 Å². The van der Waals surface area contributed by atoms with Crippen LogP contribution in [0.5, 0.6) is 0 Å². The average Bonchev–Trinajstić information content (AvgIpc) is 2.42. The molecule has 20 heavy (non-hydrogen) atoms. The van der Waals surface area contributed by atoms with E-state index in [0.717, 1.165) is 6.42 Å². The van der Waals surface area contributed by atoms with Crippen LogP contribution in [0.15, 0.2) is 0 Å². The van der Waals surface area contributed by atoms with Crippen LogP contribution in [-0.4, -0.2) is 54.5 Å². The second-order valence-corrected chi connectivity index (χ2v) is 4.93. The summed E-state index contributed by atoms with van der Waals surface area (Å²) in [6.07, 6.45) is 1.08. The maximum atomic E-state index is 12.5. The number of nitrogens with one attached hydrogen (secondary N) is 1. The van der Waals surface area contributed by atoms with Gasteiger partial charge in [-0.25, -0.2) is 0 Å². The fraction of sp³-hybridized carbons (Fsp3) is 0.769. The minimum Gasteiger partial charge on any atom is -0.377 e. The van der Waals surface area contributed by atoms with E-state index >= 15 is 0 Å². The third kappa shape index (κ3) is 4.80. The summed E-state index contributed by atoms with van der Waals surface area (Å²) in [5, 5.41) is 2.60. The molecule has 0 radical (unpaired) electrons. The van der Waals surface area contributed by atoms with Crippen LogP contribution in [-0.2, 0) is 19.1 Å². The van der Waals surface area contributed by atoms with E-state index in [-0.39, 0.29) is 30.7 Å². The van der Waals surface area contributed by atoms with Gasteiger partial charge in [-0.05, 0) is 12.8 Å². The molecule has 3 amide bonds. The van der Waals surface area contributed by atoms with Gasteiger partial charge < -0.3 is 20.7 Å². The number of primary amides is 1. The molecule has 0 aliphatic carbocycles. The number of amides is 3. The number of rotatable bonds is 6. The molecule has 7 nitrogen and oxygen atoms in total. The summed E-state index contributed by atoms with van der Waals surface area (Å²) in [7, 11) is 0. The molecular weight excluding hydrogens is 262 g/mol. The van der Waals surface area contributed by atoms with Crippen molar-refractivity contribution in [3.05, 3.63) is 0 Å². The van der Waals surface area contributed by atoms with Gasteiger partial charge in [0.15, 0.2) is 0 Å². The molecule has 114 valence electrons. The first-order valence-electron chi connectivity index (χ1n) is 6.89. The van der Waals surface area contributed by atoms with Gasteiger partial charge in [0.25, 0.3) is 0 Å². The molecule has 0 saturated carbocycles. The largest absolute Gasteiger partial charge is 0.377 e. The Morgan fingerprint density at radius 1 is 1.45 bits per heavy atom. The molecule has 0 bridgehead atoms. The number of nitrogens with zero attached hydrogens (tertiary/aromatic N) is 1. The molecule has 0 spiro atoms. The van der Waals surface area contributed by atoms with Gasteiger partial charge in [0.05, 0.1) is 19.3 Å². The van der Waals surface area contributed by atoms with Crippen LogP contribution in [0.25, 0.3) is 0 Å². The Hall–Kier alpha value is -1.63. The number of hydrogen-bond donors (Lipinski definition) is 2. The Morgan fingerprint density at radius 2 is 2.15 bits per heavy atom. The van der Waals surface area contributed by atoms with Crippen LogP contribution < -0.4 is 11.1 Å². The lowest BCUT2D eigenvalue weighted by Gasteiger charge is -2.37. The van der Waals surface area contributed by atoms with Gasteiger partial charge >= 0.3 is 0 Å². The fourth-order valence-electron chi connectivity index (χ4n) is 2.27. The zero-order valence-electron chi connectivity index (χ0n) is 12.1. The van der Waals surface area contributed by atoms with Gasteiger partial charge in [-0.15, -0.1) is 0 Å². The summed E-state index contributed by atoms with van der Waals surface area (Å²) in [5.74, 6) is -0.951. The van der Waals surface area contributed by atoms with E-state index in [1.165, 1.54) is 6.92 Å². The number of nitrogens with two attached hydrogens (primary N) is 1. The molecule has 1 aliphatic heterocycles. The van der Waals surface area contributed by atoms with Gasteiger partial charge in [-0.1, -0.05) is 6.92 Å². The van der Waals surface area contributed by atoms with Crippen molar-refractivity contribution >= 4 is 17.7 Å². The predicted molar refractivity (Wildman–Crippen MR) is 72.6 cm³/mol. The van der Waals surface area contributed by atoms with Crippen molar-refractivity contribution in [3.63, 3.8) is 0 Å². The van der Waals surface area contributed by atoms with Crippen molar-refractivity contribution in [2.45, 2.75) is 45.2 Å². The lowest BCUT2D eigenvalue weighted by molar-refractivity contribution is -0.144. The van der Waals surface area contributed by atoms with Crippen molar-refractivity contribution in [2.24, 2.45) is 5.73 Å². The van der Waals surface area contributed by atoms with E-state index in [2.05, 4.69) is 5.32 Å². The highest BCUT2D eigenvalue weighted by atomic mass is 16.5. The maximum Gasteiger partial charge on any atom is 0.245 e. The minimum absolute atomic E-state index is 0.0149. The summed E-state index contributed by atoms with van der Waals surface area (Å²) in [6, 6.07) is -0.687. The first-order valence-corrected chi connectivity index (χ1v) is 6.89. The molecule has 0 aromatic carbocycles. The van der Waals surface area contributed by atoms with Crippen molar-refractivity contribution in [1.29, 1.82) is 0 Å². The summed E-state index contributed by atoms with van der Waals surface area (Å²) in [6.45, 7) is 4.83. The smallest absolute Gasteiger partial charge is 0.245 e. The Bertz CT molecular complexity index is 373. The van der Waals surface area contributed by atoms with E-state index in [1.54, 1.807) is 4.90 Å². The SMILES string of the molecule is CC[C@H]1COCCN1C(=O)[C@H](CCC(N)=O)NC(C)=O. The van der Waals surface area contributed by atoms with Crippen molar-refractivity contribution in [1.82, 2.24) is 10.2 Å². The van der Waals surface area contributed by atoms with Crippen LogP contribution in [0.4, 0.5) is 0 Å². The first kappa shape index (κ1) is 16.4. The normalized spacial score (nSPS) is 20.3. The standard InChI is InChI=1S/C13H23N3O4/c1-3-10-8-20-7-6-16(10)13(19)11(15-9(2)17)4-5-12(14)18/h10-11H,3-8H2,1-2H3,(H2,14,18)(H,15,17)/t10-,11-/m0/s1. The first-order chi connectivity index (χ1) is 9.45. The third-order valence-electron chi connectivity index (χ3n) is 3.34. The molecule has 0 aromatic rings. The Balaban J connectivity index is 2.73. The zero-order chi connectivity index (χ0) is 15.1. The molecule has 2 atom stereocenters. The van der Waals surface area contributed by atoms with E-state index in [4.69, 9.17) is 10.5 Å². The van der Waals surface area contributed by atoms with E-state index in [9.17, 15) is 14.4 Å². The lowest BCUT2D eigenvalue weighted by Crippen LogP contribution is -2.55. The molecule has 0 aromatic heterocycles. The van der Waals surface area contributed by atoms with Gasteiger partial charge in [-0.2, -0.15) is 0 Å². The number of carbonyl (C=O) groups is 3. The average molecular weight is 285 g/mol. The van der Waals surface area contributed by atoms with Crippen molar-refractivity contribution in [3.8, 4) is 0 Å². The molecule has 1 saturated heterocycles. The summed E-state index contributed by atoms with van der Waals surface area (Å²) in [4.78, 5) is 36.3. The van der Waals surface area contributed by atoms with E-state index in [0.29, 0.717) is 19.8 Å². The molecule has 3 N–H and O–H groups in total. The Morgan fingerprint density at radius 3 is 2.70 bits per heavy atom. The molecule has 1 heterocycles. The Labute approximate surface area is 118 Å². The van der Waals surface area contributed by atoms with Crippen molar-refractivity contribution < 1.29 is 19.1 Å². The highest BCUT2D eigenvalue weighted by Gasteiger charge is 2.31. The van der Waals surface area contributed by atoms with Gasteiger partial charge in [0, 0.05) is 19.9 Å². The zero-order valence-corrected chi connectivity index (χ0v) is 12.1. The number of hydrogen-bond acceptors (Lipinski definition) is 4. The molecule has 7 heteroatoms. The summed E-state index contributed by atoms with van der Waals surface area (Å²) >= 11 is 0. The number of carbonyl (C=O) groups excluding carboxylic acids is 3. The van der Waals surface area contributed by atoms with Gasteiger partial charge in [0.1, 0.15) is 6.04 Å². The molecule has 1 fully saturated rings. The van der Waals surface area contributed by atoms with Gasteiger partial charge in [0.2, 0.25) is 17.7 Å². The summed E-state index contributed by atoms with van der Waals surface area (Å²) < 4.78 is 5.36. The van der Waals surface area contributed by atoms with Gasteiger partial charge in [-0.3, -0.25) is 14.4 Å². The van der Waals surface area contributed by atoms with E-state index < -0.39 is 11.9 Å². The van der Waals surface area contributed by atoms with Crippen LogP contribution in [0.3, 0.4) is 0 Å². The molecule has 1 aliphatic rings. The second-order valence-electron chi connectivity index (χ2n) is 4.93. The monoisotopic (exact) mass is 285 g/mol. The highest BCUT2D eigenvalue weighted by molar-refractivity contribution is 5.87. The molecule has 0 unspecified atom stereocenters. The summed E-state index contributed by atoms with van der Waals surface area (Å²) in [5.41, 5.74) is 5.11. The highest BCUT2D eigenvalue weighted by Crippen LogP contribution is 2.13. The van der Waals surface area contributed by atoms with Crippen LogP contribution in [0.1, 0.15) is 33.1 Å². The quantitative estimate of drug-likeness (QED) is 0.680. The lowest BCUT2D eigenvalue weighted by atomic mass is 10.1. The predicted octanol–water partition coefficient (Wildman–Crippen LogP) is -0.606. The topological polar surface area (TPSA) is 102 Å². The molecular formula is C13H23N3O4. The minimum atomic E-state index is -0.702. The van der Waals surface area contributed by atoms with Crippen molar-refractivity contribution in [2.75, 3.05) is 19.8 Å². The third-order valence-corrected chi connectivity index (χ3v) is 3.34.